The molecule has 0 saturated carbocycles. The molecule has 94 valence electrons. The number of hydrogen-bond donors (Lipinski definition) is 2. The van der Waals surface area contributed by atoms with Crippen LogP contribution in [-0.2, 0) is 0 Å². The lowest BCUT2D eigenvalue weighted by atomic mass is 10.1. The van der Waals surface area contributed by atoms with Gasteiger partial charge in [0, 0.05) is 18.7 Å². The van der Waals surface area contributed by atoms with Gasteiger partial charge in [-0.3, -0.25) is 4.79 Å². The van der Waals surface area contributed by atoms with Crippen LogP contribution < -0.4 is 10.1 Å². The summed E-state index contributed by atoms with van der Waals surface area (Å²) in [5, 5.41) is 11.4. The fourth-order valence-electron chi connectivity index (χ4n) is 1.24. The molecule has 0 heterocycles. The van der Waals surface area contributed by atoms with Gasteiger partial charge in [-0.15, -0.1) is 0 Å². The number of benzene rings is 1. The van der Waals surface area contributed by atoms with E-state index in [1.807, 2.05) is 0 Å². The lowest BCUT2D eigenvalue weighted by Gasteiger charge is -2.10. The second-order valence-corrected chi connectivity index (χ2v) is 3.85. The molecule has 5 heteroatoms. The van der Waals surface area contributed by atoms with Crippen molar-refractivity contribution in [2.75, 3.05) is 20.3 Å². The summed E-state index contributed by atoms with van der Waals surface area (Å²) in [5.41, 5.74) is 0.230. The Morgan fingerprint density at radius 1 is 1.59 bits per heavy atom. The fourth-order valence-corrected chi connectivity index (χ4v) is 1.24. The maximum atomic E-state index is 13.3. The molecule has 0 bridgehead atoms. The van der Waals surface area contributed by atoms with E-state index in [0.29, 0.717) is 6.54 Å². The highest BCUT2D eigenvalue weighted by Crippen LogP contribution is 2.17. The van der Waals surface area contributed by atoms with Crippen molar-refractivity contribution in [1.29, 1.82) is 0 Å². The number of amides is 1. The van der Waals surface area contributed by atoms with E-state index in [4.69, 9.17) is 9.84 Å². The predicted octanol–water partition coefficient (Wildman–Crippen LogP) is 1.19. The van der Waals surface area contributed by atoms with Gasteiger partial charge in [-0.05, 0) is 24.1 Å². The highest BCUT2D eigenvalue weighted by Gasteiger charge is 2.10. The minimum atomic E-state index is -0.574. The van der Waals surface area contributed by atoms with E-state index in [-0.39, 0.29) is 29.7 Å². The molecule has 0 aliphatic heterocycles. The van der Waals surface area contributed by atoms with Crippen molar-refractivity contribution in [2.45, 2.75) is 6.92 Å². The molecule has 1 amide bonds. The molecular weight excluding hydrogens is 225 g/mol. The highest BCUT2D eigenvalue weighted by atomic mass is 19.1. The molecule has 0 radical (unpaired) electrons. The van der Waals surface area contributed by atoms with Crippen LogP contribution in [0, 0.1) is 11.7 Å². The minimum Gasteiger partial charge on any atom is -0.494 e. The maximum absolute atomic E-state index is 13.3. The van der Waals surface area contributed by atoms with E-state index < -0.39 is 5.82 Å². The zero-order chi connectivity index (χ0) is 12.8. The molecule has 2 N–H and O–H groups in total. The van der Waals surface area contributed by atoms with Gasteiger partial charge < -0.3 is 15.2 Å². The van der Waals surface area contributed by atoms with Gasteiger partial charge in [0.05, 0.1) is 7.11 Å². The Morgan fingerprint density at radius 3 is 2.82 bits per heavy atom. The first-order valence-electron chi connectivity index (χ1n) is 5.31. The lowest BCUT2D eigenvalue weighted by molar-refractivity contribution is 0.0942. The molecule has 0 spiro atoms. The summed E-state index contributed by atoms with van der Waals surface area (Å²) in [4.78, 5) is 11.6. The summed E-state index contributed by atoms with van der Waals surface area (Å²) in [6, 6.07) is 4.01. The molecule has 1 atom stereocenters. The van der Waals surface area contributed by atoms with Crippen molar-refractivity contribution < 1.29 is 19.0 Å². The number of ether oxygens (including phenoxy) is 1. The van der Waals surface area contributed by atoms with Crippen LogP contribution in [0.5, 0.6) is 5.75 Å². The van der Waals surface area contributed by atoms with E-state index in [1.54, 1.807) is 6.92 Å². The molecule has 4 nitrogen and oxygen atoms in total. The van der Waals surface area contributed by atoms with Crippen LogP contribution in [0.25, 0.3) is 0 Å². The smallest absolute Gasteiger partial charge is 0.251 e. The van der Waals surface area contributed by atoms with Crippen LogP contribution in [0.3, 0.4) is 0 Å². The Labute approximate surface area is 99.4 Å². The first-order chi connectivity index (χ1) is 8.08. The zero-order valence-electron chi connectivity index (χ0n) is 9.87. The fraction of sp³-hybridized carbons (Fsp3) is 0.417. The van der Waals surface area contributed by atoms with E-state index in [1.165, 1.54) is 19.2 Å². The van der Waals surface area contributed by atoms with Crippen molar-refractivity contribution in [3.05, 3.63) is 29.6 Å². The second-order valence-electron chi connectivity index (χ2n) is 3.85. The molecule has 1 rings (SSSR count). The summed E-state index contributed by atoms with van der Waals surface area (Å²) in [6.07, 6.45) is 0. The molecule has 1 aromatic rings. The third-order valence-corrected chi connectivity index (χ3v) is 2.34. The average molecular weight is 241 g/mol. The number of carbonyl (C=O) groups excluding carboxylic acids is 1. The summed E-state index contributed by atoms with van der Waals surface area (Å²) < 4.78 is 18.1. The van der Waals surface area contributed by atoms with Crippen molar-refractivity contribution in [2.24, 2.45) is 5.92 Å². The molecule has 0 fully saturated rings. The first kappa shape index (κ1) is 13.4. The van der Waals surface area contributed by atoms with Crippen LogP contribution in [0.2, 0.25) is 0 Å². The average Bonchev–Trinajstić information content (AvgIpc) is 2.35. The van der Waals surface area contributed by atoms with Crippen LogP contribution in [0.1, 0.15) is 17.3 Å². The van der Waals surface area contributed by atoms with Gasteiger partial charge in [-0.1, -0.05) is 6.92 Å². The van der Waals surface area contributed by atoms with Crippen molar-refractivity contribution in [1.82, 2.24) is 5.32 Å². The number of carbonyl (C=O) groups is 1. The quantitative estimate of drug-likeness (QED) is 0.814. The standard InChI is InChI=1S/C12H16FNO3/c1-8(7-15)6-14-12(16)9-3-4-11(17-2)10(13)5-9/h3-5,8,15H,6-7H2,1-2H3,(H,14,16). The normalized spacial score (nSPS) is 12.0. The van der Waals surface area contributed by atoms with Crippen LogP contribution in [0.4, 0.5) is 4.39 Å². The minimum absolute atomic E-state index is 0.00272. The van der Waals surface area contributed by atoms with Gasteiger partial charge in [0.1, 0.15) is 0 Å². The topological polar surface area (TPSA) is 58.6 Å². The molecule has 0 aliphatic rings. The third-order valence-electron chi connectivity index (χ3n) is 2.34. The van der Waals surface area contributed by atoms with Gasteiger partial charge in [-0.25, -0.2) is 4.39 Å². The molecule has 0 saturated heterocycles. The molecular formula is C12H16FNO3. The first-order valence-corrected chi connectivity index (χ1v) is 5.31. The number of halogens is 1. The van der Waals surface area contributed by atoms with Crippen molar-refractivity contribution >= 4 is 5.91 Å². The summed E-state index contributed by atoms with van der Waals surface area (Å²) >= 11 is 0. The van der Waals surface area contributed by atoms with Gasteiger partial charge in [0.2, 0.25) is 0 Å². The summed E-state index contributed by atoms with van der Waals surface area (Å²) in [6.45, 7) is 2.15. The zero-order valence-corrected chi connectivity index (χ0v) is 9.87. The Morgan fingerprint density at radius 2 is 2.29 bits per heavy atom. The molecule has 17 heavy (non-hydrogen) atoms. The molecule has 0 aliphatic carbocycles. The number of methoxy groups -OCH3 is 1. The number of aliphatic hydroxyl groups is 1. The van der Waals surface area contributed by atoms with E-state index in [9.17, 15) is 9.18 Å². The third kappa shape index (κ3) is 3.71. The highest BCUT2D eigenvalue weighted by molar-refractivity contribution is 5.94. The van der Waals surface area contributed by atoms with E-state index in [2.05, 4.69) is 5.32 Å². The Balaban J connectivity index is 2.66. The lowest BCUT2D eigenvalue weighted by Crippen LogP contribution is -2.29. The molecule has 1 aromatic carbocycles. The number of hydrogen-bond acceptors (Lipinski definition) is 3. The number of aliphatic hydroxyl groups excluding tert-OH is 1. The van der Waals surface area contributed by atoms with Crippen LogP contribution in [-0.4, -0.2) is 31.3 Å². The second kappa shape index (κ2) is 6.20. The number of nitrogens with one attached hydrogen (secondary N) is 1. The van der Waals surface area contributed by atoms with Gasteiger partial charge >= 0.3 is 0 Å². The van der Waals surface area contributed by atoms with Gasteiger partial charge in [0.15, 0.2) is 11.6 Å². The monoisotopic (exact) mass is 241 g/mol. The van der Waals surface area contributed by atoms with Crippen molar-refractivity contribution in [3.63, 3.8) is 0 Å². The molecule has 0 aromatic heterocycles. The Hall–Kier alpha value is -1.62. The van der Waals surface area contributed by atoms with Gasteiger partial charge in [0.25, 0.3) is 5.91 Å². The summed E-state index contributed by atoms with van der Waals surface area (Å²) in [5.74, 6) is -0.866. The number of rotatable bonds is 5. The maximum Gasteiger partial charge on any atom is 0.251 e. The van der Waals surface area contributed by atoms with Crippen LogP contribution >= 0.6 is 0 Å². The summed E-state index contributed by atoms with van der Waals surface area (Å²) in [7, 11) is 1.36. The SMILES string of the molecule is COc1ccc(C(=O)NCC(C)CO)cc1F. The van der Waals surface area contributed by atoms with E-state index >= 15 is 0 Å². The predicted molar refractivity (Wildman–Crippen MR) is 61.5 cm³/mol. The van der Waals surface area contributed by atoms with Crippen molar-refractivity contribution in [3.8, 4) is 5.75 Å². The largest absolute Gasteiger partial charge is 0.494 e. The Kier molecular flexibility index (Phi) is 4.90. The molecule has 1 unspecified atom stereocenters. The van der Waals surface area contributed by atoms with Crippen LogP contribution in [0.15, 0.2) is 18.2 Å². The van der Waals surface area contributed by atoms with E-state index in [0.717, 1.165) is 6.07 Å². The Bertz CT molecular complexity index is 395. The van der Waals surface area contributed by atoms with Gasteiger partial charge in [-0.2, -0.15) is 0 Å².